The van der Waals surface area contributed by atoms with Crippen molar-refractivity contribution in [3.63, 3.8) is 0 Å². The summed E-state index contributed by atoms with van der Waals surface area (Å²) < 4.78 is 40.4. The lowest BCUT2D eigenvalue weighted by atomic mass is 9.97. The van der Waals surface area contributed by atoms with Crippen LogP contribution in [0.2, 0.25) is 0 Å². The number of guanidine groups is 1. The molecule has 0 atom stereocenters. The summed E-state index contributed by atoms with van der Waals surface area (Å²) in [7, 11) is 0. The van der Waals surface area contributed by atoms with Crippen molar-refractivity contribution in [2.45, 2.75) is 32.7 Å². The number of aryl methyl sites for hydroxylation is 1. The molecule has 1 aliphatic rings. The Labute approximate surface area is 171 Å². The first kappa shape index (κ1) is 21.4. The fourth-order valence-corrected chi connectivity index (χ4v) is 3.80. The number of anilines is 1. The van der Waals surface area contributed by atoms with E-state index < -0.39 is 6.36 Å². The molecule has 3 rings (SSSR count). The summed E-state index contributed by atoms with van der Waals surface area (Å²) in [6.07, 6.45) is -2.61. The highest BCUT2D eigenvalue weighted by Gasteiger charge is 2.30. The maximum atomic E-state index is 12.2. The maximum Gasteiger partial charge on any atom is 0.573 e. The summed E-state index contributed by atoms with van der Waals surface area (Å²) in [5.74, 6) is 0.430. The molecule has 0 saturated carbocycles. The highest BCUT2D eigenvalue weighted by molar-refractivity contribution is 7.09. The van der Waals surface area contributed by atoms with Crippen LogP contribution in [-0.4, -0.2) is 41.8 Å². The zero-order valence-corrected chi connectivity index (χ0v) is 16.9. The minimum atomic E-state index is -4.70. The summed E-state index contributed by atoms with van der Waals surface area (Å²) >= 11 is 1.68. The lowest BCUT2D eigenvalue weighted by molar-refractivity contribution is -0.274. The predicted octanol–water partition coefficient (Wildman–Crippen LogP) is 3.99. The molecule has 1 saturated heterocycles. The number of ether oxygens (including phenoxy) is 1. The number of benzene rings is 1. The van der Waals surface area contributed by atoms with Gasteiger partial charge in [0.25, 0.3) is 0 Å². The molecule has 0 bridgehead atoms. The quantitative estimate of drug-likeness (QED) is 0.539. The molecule has 0 unspecified atom stereocenters. The molecular weight excluding hydrogens is 403 g/mol. The minimum absolute atomic E-state index is 0.245. The number of alkyl halides is 3. The number of nitrogens with two attached hydrogens (primary N) is 1. The lowest BCUT2D eigenvalue weighted by Crippen LogP contribution is -2.34. The van der Waals surface area contributed by atoms with Crippen LogP contribution in [0, 0.1) is 12.8 Å². The highest BCUT2D eigenvalue weighted by atomic mass is 32.1. The summed E-state index contributed by atoms with van der Waals surface area (Å²) in [6, 6.07) is 5.37. The van der Waals surface area contributed by atoms with Crippen molar-refractivity contribution in [3.8, 4) is 5.75 Å². The molecule has 0 amide bonds. The molecule has 0 radical (unpaired) electrons. The zero-order chi connectivity index (χ0) is 20.9. The van der Waals surface area contributed by atoms with Gasteiger partial charge in [-0.2, -0.15) is 0 Å². The number of piperidine rings is 1. The number of thiazole rings is 1. The number of hydrogen-bond acceptors (Lipinski definition) is 5. The van der Waals surface area contributed by atoms with E-state index in [-0.39, 0.29) is 11.7 Å². The van der Waals surface area contributed by atoms with Crippen LogP contribution in [0.5, 0.6) is 5.75 Å². The first-order valence-corrected chi connectivity index (χ1v) is 10.2. The van der Waals surface area contributed by atoms with Gasteiger partial charge in [-0.25, -0.2) is 4.98 Å². The number of likely N-dealkylation sites (tertiary alicyclic amines) is 1. The molecule has 2 heterocycles. The zero-order valence-electron chi connectivity index (χ0n) is 16.1. The van der Waals surface area contributed by atoms with Crippen LogP contribution >= 0.6 is 11.3 Å². The molecule has 1 aromatic heterocycles. The van der Waals surface area contributed by atoms with Gasteiger partial charge in [-0.15, -0.1) is 24.5 Å². The van der Waals surface area contributed by atoms with Crippen LogP contribution in [0.25, 0.3) is 0 Å². The minimum Gasteiger partial charge on any atom is -0.406 e. The van der Waals surface area contributed by atoms with Crippen LogP contribution < -0.4 is 15.8 Å². The Morgan fingerprint density at radius 3 is 2.59 bits per heavy atom. The lowest BCUT2D eigenvalue weighted by Gasteiger charge is -2.30. The Bertz CT molecular complexity index is 814. The molecule has 1 fully saturated rings. The van der Waals surface area contributed by atoms with Crippen molar-refractivity contribution in [3.05, 3.63) is 40.3 Å². The number of aromatic nitrogens is 1. The van der Waals surface area contributed by atoms with E-state index in [0.717, 1.165) is 43.2 Å². The first-order chi connectivity index (χ1) is 13.8. The Kier molecular flexibility index (Phi) is 6.96. The predicted molar refractivity (Wildman–Crippen MR) is 108 cm³/mol. The average molecular weight is 427 g/mol. The molecule has 3 N–H and O–H groups in total. The maximum absolute atomic E-state index is 12.2. The van der Waals surface area contributed by atoms with Crippen molar-refractivity contribution in [1.82, 2.24) is 9.88 Å². The monoisotopic (exact) mass is 427 g/mol. The smallest absolute Gasteiger partial charge is 0.406 e. The van der Waals surface area contributed by atoms with Crippen molar-refractivity contribution < 1.29 is 17.9 Å². The van der Waals surface area contributed by atoms with Gasteiger partial charge in [-0.3, -0.25) is 9.89 Å². The Hall–Kier alpha value is -2.33. The van der Waals surface area contributed by atoms with Crippen LogP contribution in [-0.2, 0) is 6.54 Å². The third kappa shape index (κ3) is 7.21. The van der Waals surface area contributed by atoms with Gasteiger partial charge in [0.2, 0.25) is 0 Å². The standard InChI is InChI=1S/C19H24F3N5OS/c1-13-25-16(12-29-13)11-27-8-6-14(7-9-27)10-24-18(23)26-15-2-4-17(5-3-15)28-19(20,21)22/h2-5,12,14H,6-11H2,1H3,(H3,23,24,26). The summed E-state index contributed by atoms with van der Waals surface area (Å²) in [5, 5.41) is 6.09. The summed E-state index contributed by atoms with van der Waals surface area (Å²) in [6.45, 7) is 5.53. The second kappa shape index (κ2) is 9.45. The van der Waals surface area contributed by atoms with Crippen LogP contribution in [0.15, 0.2) is 34.6 Å². The van der Waals surface area contributed by atoms with E-state index in [4.69, 9.17) is 5.73 Å². The first-order valence-electron chi connectivity index (χ1n) is 9.33. The van der Waals surface area contributed by atoms with E-state index in [1.54, 1.807) is 11.3 Å². The van der Waals surface area contributed by atoms with E-state index in [0.29, 0.717) is 18.2 Å². The van der Waals surface area contributed by atoms with E-state index >= 15 is 0 Å². The van der Waals surface area contributed by atoms with Crippen molar-refractivity contribution in [2.75, 3.05) is 25.0 Å². The number of halogens is 3. The van der Waals surface area contributed by atoms with Gasteiger partial charge >= 0.3 is 6.36 Å². The van der Waals surface area contributed by atoms with Gasteiger partial charge in [-0.05, 0) is 63.0 Å². The molecule has 6 nitrogen and oxygen atoms in total. The second-order valence-corrected chi connectivity index (χ2v) is 8.06. The fourth-order valence-electron chi connectivity index (χ4n) is 3.19. The van der Waals surface area contributed by atoms with Crippen molar-refractivity contribution >= 4 is 23.0 Å². The highest BCUT2D eigenvalue weighted by Crippen LogP contribution is 2.24. The number of nitrogens with one attached hydrogen (secondary N) is 1. The van der Waals surface area contributed by atoms with E-state index in [2.05, 4.69) is 30.3 Å². The molecule has 0 spiro atoms. The van der Waals surface area contributed by atoms with Crippen molar-refractivity contribution in [2.24, 2.45) is 16.6 Å². The normalized spacial score (nSPS) is 16.8. The van der Waals surface area contributed by atoms with Gasteiger partial charge in [0.15, 0.2) is 5.96 Å². The van der Waals surface area contributed by atoms with Gasteiger partial charge in [0, 0.05) is 24.2 Å². The third-order valence-electron chi connectivity index (χ3n) is 4.64. The van der Waals surface area contributed by atoms with Crippen LogP contribution in [0.1, 0.15) is 23.5 Å². The molecule has 2 aromatic rings. The number of hydrogen-bond donors (Lipinski definition) is 2. The SMILES string of the molecule is Cc1nc(CN2CCC(CN=C(N)Nc3ccc(OC(F)(F)F)cc3)CC2)cs1. The Balaban J connectivity index is 1.41. The molecule has 158 valence electrons. The summed E-state index contributed by atoms with van der Waals surface area (Å²) in [4.78, 5) is 11.3. The van der Waals surface area contributed by atoms with Gasteiger partial charge in [0.1, 0.15) is 5.75 Å². The third-order valence-corrected chi connectivity index (χ3v) is 5.46. The summed E-state index contributed by atoms with van der Waals surface area (Å²) in [5.41, 5.74) is 7.58. The van der Waals surface area contributed by atoms with Crippen LogP contribution in [0.3, 0.4) is 0 Å². The Morgan fingerprint density at radius 1 is 1.31 bits per heavy atom. The van der Waals surface area contributed by atoms with E-state index in [1.807, 2.05) is 6.92 Å². The second-order valence-electron chi connectivity index (χ2n) is 7.00. The van der Waals surface area contributed by atoms with Gasteiger partial charge < -0.3 is 15.8 Å². The molecule has 1 aromatic carbocycles. The Morgan fingerprint density at radius 2 is 2.00 bits per heavy atom. The van der Waals surface area contributed by atoms with Gasteiger partial charge in [0.05, 0.1) is 10.7 Å². The fraction of sp³-hybridized carbons (Fsp3) is 0.474. The molecule has 10 heteroatoms. The molecule has 1 aliphatic heterocycles. The molecule has 29 heavy (non-hydrogen) atoms. The molecular formula is C19H24F3N5OS. The largest absolute Gasteiger partial charge is 0.573 e. The topological polar surface area (TPSA) is 75.8 Å². The molecule has 0 aliphatic carbocycles. The van der Waals surface area contributed by atoms with Crippen LogP contribution in [0.4, 0.5) is 18.9 Å². The van der Waals surface area contributed by atoms with Gasteiger partial charge in [-0.1, -0.05) is 0 Å². The van der Waals surface area contributed by atoms with E-state index in [1.165, 1.54) is 24.3 Å². The average Bonchev–Trinajstić information content (AvgIpc) is 3.06. The van der Waals surface area contributed by atoms with Crippen molar-refractivity contribution in [1.29, 1.82) is 0 Å². The number of nitrogens with zero attached hydrogens (tertiary/aromatic N) is 3. The number of aliphatic imine (C=N–C) groups is 1. The number of rotatable bonds is 6. The van der Waals surface area contributed by atoms with E-state index in [9.17, 15) is 13.2 Å².